The molecular formula is C11H23NS. The number of hydrogen-bond donors (Lipinski definition) is 0. The van der Waals surface area contributed by atoms with E-state index in [0.29, 0.717) is 4.75 Å². The van der Waals surface area contributed by atoms with Gasteiger partial charge < -0.3 is 4.90 Å². The van der Waals surface area contributed by atoms with Crippen LogP contribution in [0, 0.1) is 0 Å². The molecule has 78 valence electrons. The maximum absolute atomic E-state index is 2.63. The summed E-state index contributed by atoms with van der Waals surface area (Å²) >= 11 is 2.14. The summed E-state index contributed by atoms with van der Waals surface area (Å²) in [6.07, 6.45) is 4.04. The van der Waals surface area contributed by atoms with E-state index >= 15 is 0 Å². The van der Waals surface area contributed by atoms with Gasteiger partial charge in [0.1, 0.15) is 0 Å². The van der Waals surface area contributed by atoms with Crippen LogP contribution in [0.2, 0.25) is 0 Å². The van der Waals surface area contributed by atoms with Gasteiger partial charge in [-0.2, -0.15) is 11.8 Å². The fourth-order valence-corrected chi connectivity index (χ4v) is 2.81. The smallest absolute Gasteiger partial charge is 0.0116 e. The van der Waals surface area contributed by atoms with Crippen LogP contribution < -0.4 is 0 Å². The summed E-state index contributed by atoms with van der Waals surface area (Å²) in [4.78, 5) is 2.63. The number of thioether (sulfide) groups is 1. The number of nitrogens with zero attached hydrogens (tertiary/aromatic N) is 1. The molecule has 1 rings (SSSR count). The molecule has 1 fully saturated rings. The molecule has 1 aliphatic heterocycles. The molecule has 0 spiro atoms. The van der Waals surface area contributed by atoms with Crippen LogP contribution in [0.1, 0.15) is 40.0 Å². The van der Waals surface area contributed by atoms with Crippen LogP contribution in [0.5, 0.6) is 0 Å². The highest BCUT2D eigenvalue weighted by atomic mass is 32.2. The summed E-state index contributed by atoms with van der Waals surface area (Å²) < 4.78 is 0.515. The monoisotopic (exact) mass is 201 g/mol. The van der Waals surface area contributed by atoms with Crippen LogP contribution in [0.4, 0.5) is 0 Å². The van der Waals surface area contributed by atoms with Crippen molar-refractivity contribution in [1.82, 2.24) is 4.90 Å². The van der Waals surface area contributed by atoms with E-state index in [1.165, 1.54) is 44.6 Å². The quantitative estimate of drug-likeness (QED) is 0.690. The highest BCUT2D eigenvalue weighted by Crippen LogP contribution is 2.30. The Hall–Kier alpha value is 0.310. The average Bonchev–Trinajstić information content (AvgIpc) is 2.23. The zero-order chi connectivity index (χ0) is 9.73. The van der Waals surface area contributed by atoms with E-state index < -0.39 is 0 Å². The van der Waals surface area contributed by atoms with Gasteiger partial charge in [0, 0.05) is 17.0 Å². The molecule has 0 bridgehead atoms. The van der Waals surface area contributed by atoms with Crippen molar-refractivity contribution in [1.29, 1.82) is 0 Å². The third-order valence-electron chi connectivity index (χ3n) is 2.76. The van der Waals surface area contributed by atoms with Gasteiger partial charge in [-0.05, 0) is 25.9 Å². The van der Waals surface area contributed by atoms with E-state index in [0.717, 1.165) is 0 Å². The molecule has 0 aromatic heterocycles. The Kier molecular flexibility index (Phi) is 4.60. The SMILES string of the molecule is CCCCN1CCSC(C)(C)CC1. The minimum absolute atomic E-state index is 0.515. The molecule has 1 heterocycles. The van der Waals surface area contributed by atoms with Gasteiger partial charge in [-0.15, -0.1) is 0 Å². The molecule has 0 amide bonds. The van der Waals surface area contributed by atoms with Crippen LogP contribution in [0.15, 0.2) is 0 Å². The summed E-state index contributed by atoms with van der Waals surface area (Å²) in [7, 11) is 0. The molecule has 0 saturated carbocycles. The fourth-order valence-electron chi connectivity index (χ4n) is 1.67. The van der Waals surface area contributed by atoms with Gasteiger partial charge in [-0.3, -0.25) is 0 Å². The number of unbranched alkanes of at least 4 members (excludes halogenated alkanes) is 1. The first kappa shape index (κ1) is 11.4. The molecule has 1 nitrogen and oxygen atoms in total. The molecule has 1 aliphatic rings. The number of hydrogen-bond acceptors (Lipinski definition) is 2. The van der Waals surface area contributed by atoms with Crippen LogP contribution in [-0.4, -0.2) is 35.0 Å². The molecule has 13 heavy (non-hydrogen) atoms. The normalized spacial score (nSPS) is 24.2. The molecule has 2 heteroatoms. The van der Waals surface area contributed by atoms with Crippen molar-refractivity contribution < 1.29 is 0 Å². The highest BCUT2D eigenvalue weighted by molar-refractivity contribution is 8.00. The van der Waals surface area contributed by atoms with E-state index in [2.05, 4.69) is 37.4 Å². The van der Waals surface area contributed by atoms with Crippen molar-refractivity contribution in [2.45, 2.75) is 44.8 Å². The molecule has 0 N–H and O–H groups in total. The van der Waals surface area contributed by atoms with Crippen LogP contribution in [-0.2, 0) is 0 Å². The Labute approximate surface area is 87.3 Å². The van der Waals surface area contributed by atoms with E-state index in [1.54, 1.807) is 0 Å². The largest absolute Gasteiger partial charge is 0.302 e. The van der Waals surface area contributed by atoms with Crippen molar-refractivity contribution >= 4 is 11.8 Å². The predicted octanol–water partition coefficient (Wildman–Crippen LogP) is 3.00. The van der Waals surface area contributed by atoms with Gasteiger partial charge in [-0.1, -0.05) is 27.2 Å². The summed E-state index contributed by atoms with van der Waals surface area (Å²) in [6, 6.07) is 0. The Balaban J connectivity index is 2.28. The van der Waals surface area contributed by atoms with Crippen molar-refractivity contribution in [2.24, 2.45) is 0 Å². The van der Waals surface area contributed by atoms with E-state index in [1.807, 2.05) is 0 Å². The summed E-state index contributed by atoms with van der Waals surface area (Å²) in [5, 5.41) is 0. The number of rotatable bonds is 3. The van der Waals surface area contributed by atoms with Crippen molar-refractivity contribution in [2.75, 3.05) is 25.4 Å². The van der Waals surface area contributed by atoms with Crippen LogP contribution in [0.25, 0.3) is 0 Å². The minimum Gasteiger partial charge on any atom is -0.302 e. The van der Waals surface area contributed by atoms with Gasteiger partial charge in [0.25, 0.3) is 0 Å². The van der Waals surface area contributed by atoms with Gasteiger partial charge in [0.2, 0.25) is 0 Å². The Bertz CT molecular complexity index is 145. The molecular weight excluding hydrogens is 178 g/mol. The van der Waals surface area contributed by atoms with E-state index in [9.17, 15) is 0 Å². The van der Waals surface area contributed by atoms with Crippen molar-refractivity contribution in [3.8, 4) is 0 Å². The molecule has 0 atom stereocenters. The third kappa shape index (κ3) is 4.37. The zero-order valence-electron chi connectivity index (χ0n) is 9.31. The maximum atomic E-state index is 2.63. The molecule has 0 aliphatic carbocycles. The fraction of sp³-hybridized carbons (Fsp3) is 1.00. The standard InChI is InChI=1S/C11H23NS/c1-4-5-7-12-8-6-11(2,3)13-10-9-12/h4-10H2,1-3H3. The first-order valence-corrected chi connectivity index (χ1v) is 6.49. The lowest BCUT2D eigenvalue weighted by Crippen LogP contribution is -2.28. The topological polar surface area (TPSA) is 3.24 Å². The first-order valence-electron chi connectivity index (χ1n) is 5.50. The maximum Gasteiger partial charge on any atom is 0.0116 e. The Morgan fingerprint density at radius 1 is 1.31 bits per heavy atom. The Morgan fingerprint density at radius 2 is 2.08 bits per heavy atom. The lowest BCUT2D eigenvalue weighted by molar-refractivity contribution is 0.280. The van der Waals surface area contributed by atoms with Crippen LogP contribution in [0.3, 0.4) is 0 Å². The molecule has 0 unspecified atom stereocenters. The Morgan fingerprint density at radius 3 is 2.77 bits per heavy atom. The molecule has 1 saturated heterocycles. The third-order valence-corrected chi connectivity index (χ3v) is 4.13. The lowest BCUT2D eigenvalue weighted by Gasteiger charge is -2.22. The first-order chi connectivity index (χ1) is 6.14. The second kappa shape index (κ2) is 5.26. The van der Waals surface area contributed by atoms with Gasteiger partial charge in [0.15, 0.2) is 0 Å². The average molecular weight is 201 g/mol. The summed E-state index contributed by atoms with van der Waals surface area (Å²) in [5.41, 5.74) is 0. The van der Waals surface area contributed by atoms with E-state index in [-0.39, 0.29) is 0 Å². The molecule has 0 radical (unpaired) electrons. The van der Waals surface area contributed by atoms with Crippen molar-refractivity contribution in [3.63, 3.8) is 0 Å². The van der Waals surface area contributed by atoms with Gasteiger partial charge in [0.05, 0.1) is 0 Å². The minimum atomic E-state index is 0.515. The van der Waals surface area contributed by atoms with Crippen molar-refractivity contribution in [3.05, 3.63) is 0 Å². The molecule has 0 aromatic carbocycles. The van der Waals surface area contributed by atoms with Crippen LogP contribution >= 0.6 is 11.8 Å². The van der Waals surface area contributed by atoms with Gasteiger partial charge in [-0.25, -0.2) is 0 Å². The van der Waals surface area contributed by atoms with E-state index in [4.69, 9.17) is 0 Å². The molecule has 0 aromatic rings. The summed E-state index contributed by atoms with van der Waals surface area (Å²) in [5.74, 6) is 1.32. The predicted molar refractivity (Wildman–Crippen MR) is 62.5 cm³/mol. The summed E-state index contributed by atoms with van der Waals surface area (Å²) in [6.45, 7) is 10.9. The highest BCUT2D eigenvalue weighted by Gasteiger charge is 2.22. The lowest BCUT2D eigenvalue weighted by atomic mass is 10.1. The zero-order valence-corrected chi connectivity index (χ0v) is 10.1. The second-order valence-electron chi connectivity index (χ2n) is 4.55. The van der Waals surface area contributed by atoms with Gasteiger partial charge >= 0.3 is 0 Å². The second-order valence-corrected chi connectivity index (χ2v) is 6.36.